The number of benzene rings is 1. The lowest BCUT2D eigenvalue weighted by Crippen LogP contribution is -2.01. The van der Waals surface area contributed by atoms with Crippen LogP contribution in [0.1, 0.15) is 12.1 Å². The maximum atomic E-state index is 11.1. The summed E-state index contributed by atoms with van der Waals surface area (Å²) in [7, 11) is 1.39. The summed E-state index contributed by atoms with van der Waals surface area (Å²) >= 11 is 10.9. The Hall–Kier alpha value is -0.910. The summed E-state index contributed by atoms with van der Waals surface area (Å²) in [5, 5.41) is 3.54. The first-order valence-electron chi connectivity index (χ1n) is 5.57. The second-order valence-corrected chi connectivity index (χ2v) is 5.99. The normalized spacial score (nSPS) is 10.5. The lowest BCUT2D eigenvalue weighted by atomic mass is 10.2. The van der Waals surface area contributed by atoms with E-state index in [9.17, 15) is 4.79 Å². The van der Waals surface area contributed by atoms with Gasteiger partial charge in [-0.05, 0) is 18.2 Å². The minimum absolute atomic E-state index is 0.220. The van der Waals surface area contributed by atoms with E-state index in [1.165, 1.54) is 7.11 Å². The van der Waals surface area contributed by atoms with Crippen LogP contribution in [0.25, 0.3) is 10.6 Å². The molecule has 0 saturated heterocycles. The largest absolute Gasteiger partial charge is 0.469 e. The van der Waals surface area contributed by atoms with Gasteiger partial charge in [-0.15, -0.1) is 11.3 Å². The number of carbonyl (C=O) groups excluding carboxylic acids is 1. The van der Waals surface area contributed by atoms with E-state index >= 15 is 0 Å². The van der Waals surface area contributed by atoms with Crippen molar-refractivity contribution in [1.29, 1.82) is 0 Å². The zero-order valence-electron chi connectivity index (χ0n) is 10.2. The lowest BCUT2D eigenvalue weighted by Gasteiger charge is -2.01. The third-order valence-corrected chi connectivity index (χ3v) is 4.34. The van der Waals surface area contributed by atoms with Crippen molar-refractivity contribution in [3.05, 3.63) is 38.8 Å². The number of carbonyl (C=O) groups is 1. The molecule has 0 fully saturated rings. The van der Waals surface area contributed by atoms with Crippen molar-refractivity contribution in [2.45, 2.75) is 12.8 Å². The molecule has 0 aliphatic rings. The minimum Gasteiger partial charge on any atom is -0.469 e. The van der Waals surface area contributed by atoms with Crippen LogP contribution < -0.4 is 0 Å². The second-order valence-electron chi connectivity index (χ2n) is 3.84. The zero-order valence-corrected chi connectivity index (χ0v) is 13.3. The summed E-state index contributed by atoms with van der Waals surface area (Å²) in [6.07, 6.45) is 0.940. The van der Waals surface area contributed by atoms with Crippen LogP contribution in [0.4, 0.5) is 0 Å². The summed E-state index contributed by atoms with van der Waals surface area (Å²) in [5.74, 6) is -0.220. The van der Waals surface area contributed by atoms with E-state index in [2.05, 4.69) is 25.7 Å². The molecule has 0 spiro atoms. The number of hydrogen-bond acceptors (Lipinski definition) is 4. The van der Waals surface area contributed by atoms with Crippen molar-refractivity contribution in [2.24, 2.45) is 0 Å². The number of thiazole rings is 1. The molecule has 0 aliphatic heterocycles. The Labute approximate surface area is 128 Å². The molecule has 0 bridgehead atoms. The van der Waals surface area contributed by atoms with Gasteiger partial charge in [-0.25, -0.2) is 4.98 Å². The van der Waals surface area contributed by atoms with Gasteiger partial charge in [-0.3, -0.25) is 4.79 Å². The van der Waals surface area contributed by atoms with Gasteiger partial charge in [-0.2, -0.15) is 0 Å². The number of esters is 1. The second kappa shape index (κ2) is 6.50. The molecule has 19 heavy (non-hydrogen) atoms. The number of ether oxygens (including phenoxy) is 1. The van der Waals surface area contributed by atoms with E-state index in [-0.39, 0.29) is 5.97 Å². The fourth-order valence-corrected chi connectivity index (χ4v) is 3.44. The van der Waals surface area contributed by atoms with E-state index in [4.69, 9.17) is 11.6 Å². The molecule has 0 atom stereocenters. The first-order chi connectivity index (χ1) is 9.10. The topological polar surface area (TPSA) is 39.2 Å². The van der Waals surface area contributed by atoms with Crippen LogP contribution in [0.5, 0.6) is 0 Å². The maximum absolute atomic E-state index is 11.1. The first kappa shape index (κ1) is 14.5. The number of nitrogens with zero attached hydrogens (tertiary/aromatic N) is 1. The molecule has 1 aromatic heterocycles. The van der Waals surface area contributed by atoms with Crippen molar-refractivity contribution in [3.63, 3.8) is 0 Å². The number of rotatable bonds is 4. The highest BCUT2D eigenvalue weighted by molar-refractivity contribution is 9.10. The van der Waals surface area contributed by atoms with Gasteiger partial charge in [0.25, 0.3) is 0 Å². The molecule has 0 aliphatic carbocycles. The molecular formula is C13H11BrClNO2S. The first-order valence-corrected chi connectivity index (χ1v) is 7.62. The van der Waals surface area contributed by atoms with Gasteiger partial charge < -0.3 is 4.74 Å². The Morgan fingerprint density at radius 3 is 3.00 bits per heavy atom. The fraction of sp³-hybridized carbons (Fsp3) is 0.231. The lowest BCUT2D eigenvalue weighted by molar-refractivity contribution is -0.140. The summed E-state index contributed by atoms with van der Waals surface area (Å²) < 4.78 is 5.52. The number of halogens is 2. The van der Waals surface area contributed by atoms with Crippen LogP contribution in [-0.2, 0) is 16.0 Å². The predicted molar refractivity (Wildman–Crippen MR) is 80.6 cm³/mol. The highest BCUT2D eigenvalue weighted by Crippen LogP contribution is 2.32. The SMILES string of the molecule is COC(=O)CCc1csc(-c2ccc(Cl)cc2Br)n1. The average molecular weight is 361 g/mol. The van der Waals surface area contributed by atoms with Crippen molar-refractivity contribution < 1.29 is 9.53 Å². The van der Waals surface area contributed by atoms with Crippen LogP contribution in [0.3, 0.4) is 0 Å². The Bertz CT molecular complexity index is 600. The van der Waals surface area contributed by atoms with Crippen LogP contribution in [-0.4, -0.2) is 18.1 Å². The molecule has 1 aromatic carbocycles. The van der Waals surface area contributed by atoms with Crippen LogP contribution in [0, 0.1) is 0 Å². The van der Waals surface area contributed by atoms with Crippen LogP contribution in [0.2, 0.25) is 5.02 Å². The predicted octanol–water partition coefficient (Wildman–Crippen LogP) is 4.33. The number of aromatic nitrogens is 1. The molecule has 0 radical (unpaired) electrons. The quantitative estimate of drug-likeness (QED) is 0.762. The molecule has 6 heteroatoms. The highest BCUT2D eigenvalue weighted by Gasteiger charge is 2.10. The zero-order chi connectivity index (χ0) is 13.8. The van der Waals surface area contributed by atoms with Crippen LogP contribution in [0.15, 0.2) is 28.1 Å². The van der Waals surface area contributed by atoms with Crippen LogP contribution >= 0.6 is 38.9 Å². The van der Waals surface area contributed by atoms with Gasteiger partial charge in [0.2, 0.25) is 0 Å². The molecule has 0 saturated carbocycles. The van der Waals surface area contributed by atoms with E-state index in [1.54, 1.807) is 11.3 Å². The molecule has 0 amide bonds. The van der Waals surface area contributed by atoms with Gasteiger partial charge >= 0.3 is 5.97 Å². The Kier molecular flexibility index (Phi) is 4.96. The standard InChI is InChI=1S/C13H11BrClNO2S/c1-18-12(17)5-3-9-7-19-13(16-9)10-4-2-8(15)6-11(10)14/h2,4,6-7H,3,5H2,1H3. The number of hydrogen-bond donors (Lipinski definition) is 0. The Morgan fingerprint density at radius 1 is 1.53 bits per heavy atom. The van der Waals surface area contributed by atoms with Gasteiger partial charge in [0, 0.05) is 26.9 Å². The molecule has 0 unspecified atom stereocenters. The Balaban J connectivity index is 2.14. The van der Waals surface area contributed by atoms with Gasteiger partial charge in [0.1, 0.15) is 5.01 Å². The van der Waals surface area contributed by atoms with E-state index < -0.39 is 0 Å². The molecule has 3 nitrogen and oxygen atoms in total. The smallest absolute Gasteiger partial charge is 0.305 e. The summed E-state index contributed by atoms with van der Waals surface area (Å²) in [6, 6.07) is 5.60. The molecule has 2 rings (SSSR count). The van der Waals surface area contributed by atoms with Crippen molar-refractivity contribution >= 4 is 44.8 Å². The number of methoxy groups -OCH3 is 1. The molecule has 1 heterocycles. The molecule has 100 valence electrons. The highest BCUT2D eigenvalue weighted by atomic mass is 79.9. The van der Waals surface area contributed by atoms with Gasteiger partial charge in [-0.1, -0.05) is 27.5 Å². The van der Waals surface area contributed by atoms with Crippen molar-refractivity contribution in [3.8, 4) is 10.6 Å². The monoisotopic (exact) mass is 359 g/mol. The van der Waals surface area contributed by atoms with Gasteiger partial charge in [0.05, 0.1) is 19.2 Å². The van der Waals surface area contributed by atoms with E-state index in [0.717, 1.165) is 20.7 Å². The van der Waals surface area contributed by atoms with E-state index in [0.29, 0.717) is 17.9 Å². The molecular weight excluding hydrogens is 350 g/mol. The van der Waals surface area contributed by atoms with Crippen molar-refractivity contribution in [2.75, 3.05) is 7.11 Å². The van der Waals surface area contributed by atoms with Crippen molar-refractivity contribution in [1.82, 2.24) is 4.98 Å². The summed E-state index contributed by atoms with van der Waals surface area (Å²) in [6.45, 7) is 0. The Morgan fingerprint density at radius 2 is 2.32 bits per heavy atom. The van der Waals surface area contributed by atoms with Gasteiger partial charge in [0.15, 0.2) is 0 Å². The summed E-state index contributed by atoms with van der Waals surface area (Å²) in [4.78, 5) is 15.6. The minimum atomic E-state index is -0.220. The fourth-order valence-electron chi connectivity index (χ4n) is 1.54. The average Bonchev–Trinajstić information content (AvgIpc) is 2.84. The molecule has 0 N–H and O–H groups in total. The third kappa shape index (κ3) is 3.78. The summed E-state index contributed by atoms with van der Waals surface area (Å²) in [5.41, 5.74) is 1.89. The molecule has 2 aromatic rings. The third-order valence-electron chi connectivity index (χ3n) is 2.53. The van der Waals surface area contributed by atoms with E-state index in [1.807, 2.05) is 23.6 Å². The maximum Gasteiger partial charge on any atom is 0.305 e. The number of aryl methyl sites for hydroxylation is 1.